The van der Waals surface area contributed by atoms with Gasteiger partial charge in [0.1, 0.15) is 0 Å². The third-order valence-corrected chi connectivity index (χ3v) is 4.25. The van der Waals surface area contributed by atoms with E-state index in [0.717, 1.165) is 18.5 Å². The number of nitrogens with zero attached hydrogens (tertiary/aromatic N) is 2. The maximum absolute atomic E-state index is 12.0. The number of hydrogen-bond acceptors (Lipinski definition) is 3. The van der Waals surface area contributed by atoms with E-state index in [0.29, 0.717) is 18.7 Å². The van der Waals surface area contributed by atoms with Gasteiger partial charge in [-0.15, -0.1) is 0 Å². The minimum atomic E-state index is -0.946. The van der Waals surface area contributed by atoms with Crippen LogP contribution >= 0.6 is 0 Å². The Bertz CT molecular complexity index is 628. The number of rotatable bonds is 3. The molecule has 0 saturated carbocycles. The standard InChI is InChI=1S/C16H18N2O4/c19-14-6-1-2-7-17(14)12-4-3-5-13(9-12)18-10-11(16(21)22)8-15(18)20/h3-5,9,11H,1-2,6-8,10H2,(H,21,22)/t11-/m1/s1. The summed E-state index contributed by atoms with van der Waals surface area (Å²) in [7, 11) is 0. The number of carboxylic acids is 1. The second-order valence-corrected chi connectivity index (χ2v) is 5.77. The van der Waals surface area contributed by atoms with Crippen molar-refractivity contribution in [2.45, 2.75) is 25.7 Å². The van der Waals surface area contributed by atoms with Gasteiger partial charge >= 0.3 is 5.97 Å². The Morgan fingerprint density at radius 3 is 2.45 bits per heavy atom. The van der Waals surface area contributed by atoms with E-state index in [4.69, 9.17) is 5.11 Å². The van der Waals surface area contributed by atoms with Gasteiger partial charge in [0.2, 0.25) is 11.8 Å². The van der Waals surface area contributed by atoms with Crippen LogP contribution in [0.4, 0.5) is 11.4 Å². The zero-order valence-corrected chi connectivity index (χ0v) is 12.2. The van der Waals surface area contributed by atoms with Gasteiger partial charge < -0.3 is 14.9 Å². The smallest absolute Gasteiger partial charge is 0.308 e. The molecule has 0 radical (unpaired) electrons. The average Bonchev–Trinajstić information content (AvgIpc) is 2.90. The van der Waals surface area contributed by atoms with Gasteiger partial charge in [-0.3, -0.25) is 14.4 Å². The highest BCUT2D eigenvalue weighted by molar-refractivity contribution is 6.00. The Balaban J connectivity index is 1.84. The van der Waals surface area contributed by atoms with Gasteiger partial charge in [-0.25, -0.2) is 0 Å². The quantitative estimate of drug-likeness (QED) is 0.920. The van der Waals surface area contributed by atoms with E-state index in [9.17, 15) is 14.4 Å². The Kier molecular flexibility index (Phi) is 3.83. The monoisotopic (exact) mass is 302 g/mol. The molecule has 2 aliphatic rings. The number of carboxylic acid groups (broad SMARTS) is 1. The van der Waals surface area contributed by atoms with Crippen molar-refractivity contribution in [2.75, 3.05) is 22.9 Å². The van der Waals surface area contributed by atoms with Crippen LogP contribution < -0.4 is 9.80 Å². The van der Waals surface area contributed by atoms with Crippen LogP contribution in [0.25, 0.3) is 0 Å². The topological polar surface area (TPSA) is 77.9 Å². The highest BCUT2D eigenvalue weighted by atomic mass is 16.4. The molecule has 2 fully saturated rings. The molecule has 0 spiro atoms. The molecule has 0 aliphatic carbocycles. The minimum absolute atomic E-state index is 0.0300. The fourth-order valence-corrected chi connectivity index (χ4v) is 3.03. The molecule has 0 unspecified atom stereocenters. The first-order valence-electron chi connectivity index (χ1n) is 7.50. The van der Waals surface area contributed by atoms with Gasteiger partial charge in [0.05, 0.1) is 5.92 Å². The largest absolute Gasteiger partial charge is 0.481 e. The van der Waals surface area contributed by atoms with Crippen LogP contribution in [0.5, 0.6) is 0 Å². The summed E-state index contributed by atoms with van der Waals surface area (Å²) in [5.74, 6) is -1.69. The predicted molar refractivity (Wildman–Crippen MR) is 80.7 cm³/mol. The molecule has 22 heavy (non-hydrogen) atoms. The molecular formula is C16H18N2O4. The van der Waals surface area contributed by atoms with Crippen LogP contribution in [0.3, 0.4) is 0 Å². The van der Waals surface area contributed by atoms with Gasteiger partial charge in [0.25, 0.3) is 0 Å². The normalized spacial score (nSPS) is 22.3. The van der Waals surface area contributed by atoms with Gasteiger partial charge in [-0.1, -0.05) is 6.07 Å². The Morgan fingerprint density at radius 1 is 1.09 bits per heavy atom. The summed E-state index contributed by atoms with van der Waals surface area (Å²) in [5.41, 5.74) is 1.43. The Morgan fingerprint density at radius 2 is 1.82 bits per heavy atom. The SMILES string of the molecule is O=C(O)[C@@H]1CC(=O)N(c2cccc(N3CCCCC3=O)c2)C1. The predicted octanol–water partition coefficient (Wildman–Crippen LogP) is 1.64. The molecular weight excluding hydrogens is 284 g/mol. The number of benzene rings is 1. The van der Waals surface area contributed by atoms with Crippen LogP contribution in [-0.2, 0) is 14.4 Å². The van der Waals surface area contributed by atoms with E-state index in [1.165, 1.54) is 4.90 Å². The van der Waals surface area contributed by atoms with Crippen LogP contribution in [-0.4, -0.2) is 36.0 Å². The minimum Gasteiger partial charge on any atom is -0.481 e. The van der Waals surface area contributed by atoms with E-state index in [1.54, 1.807) is 23.1 Å². The zero-order valence-electron chi connectivity index (χ0n) is 12.2. The van der Waals surface area contributed by atoms with Crippen molar-refractivity contribution in [3.8, 4) is 0 Å². The summed E-state index contributed by atoms with van der Waals surface area (Å²) < 4.78 is 0. The van der Waals surface area contributed by atoms with E-state index in [1.807, 2.05) is 6.07 Å². The number of piperidine rings is 1. The Labute approximate surface area is 128 Å². The van der Waals surface area contributed by atoms with Crippen molar-refractivity contribution in [1.29, 1.82) is 0 Å². The van der Waals surface area contributed by atoms with Gasteiger partial charge in [0, 0.05) is 37.3 Å². The highest BCUT2D eigenvalue weighted by Gasteiger charge is 2.35. The molecule has 2 heterocycles. The summed E-state index contributed by atoms with van der Waals surface area (Å²) >= 11 is 0. The van der Waals surface area contributed by atoms with Crippen LogP contribution in [0.15, 0.2) is 24.3 Å². The van der Waals surface area contributed by atoms with E-state index in [-0.39, 0.29) is 24.8 Å². The number of hydrogen-bond donors (Lipinski definition) is 1. The number of carbonyl (C=O) groups is 3. The third-order valence-electron chi connectivity index (χ3n) is 4.25. The molecule has 6 heteroatoms. The van der Waals surface area contributed by atoms with Gasteiger partial charge in [-0.05, 0) is 31.0 Å². The van der Waals surface area contributed by atoms with Crippen molar-refractivity contribution in [3.63, 3.8) is 0 Å². The van der Waals surface area contributed by atoms with E-state index < -0.39 is 11.9 Å². The van der Waals surface area contributed by atoms with Gasteiger partial charge in [0.15, 0.2) is 0 Å². The maximum atomic E-state index is 12.0. The molecule has 1 aromatic rings. The summed E-state index contributed by atoms with van der Waals surface area (Å²) in [6, 6.07) is 7.22. The van der Waals surface area contributed by atoms with Crippen molar-refractivity contribution in [3.05, 3.63) is 24.3 Å². The molecule has 6 nitrogen and oxygen atoms in total. The second kappa shape index (κ2) is 5.79. The summed E-state index contributed by atoms with van der Waals surface area (Å²) in [6.07, 6.45) is 2.47. The molecule has 0 aromatic heterocycles. The third kappa shape index (κ3) is 2.68. The lowest BCUT2D eigenvalue weighted by atomic mass is 10.1. The molecule has 0 bridgehead atoms. The highest BCUT2D eigenvalue weighted by Crippen LogP contribution is 2.29. The molecule has 2 saturated heterocycles. The first-order chi connectivity index (χ1) is 10.6. The van der Waals surface area contributed by atoms with E-state index >= 15 is 0 Å². The first kappa shape index (κ1) is 14.6. The number of anilines is 2. The van der Waals surface area contributed by atoms with Crippen molar-refractivity contribution in [1.82, 2.24) is 0 Å². The van der Waals surface area contributed by atoms with Crippen LogP contribution in [0, 0.1) is 5.92 Å². The molecule has 116 valence electrons. The number of carbonyl (C=O) groups excluding carboxylic acids is 2. The molecule has 2 amide bonds. The fraction of sp³-hybridized carbons (Fsp3) is 0.438. The van der Waals surface area contributed by atoms with Gasteiger partial charge in [-0.2, -0.15) is 0 Å². The summed E-state index contributed by atoms with van der Waals surface area (Å²) in [5, 5.41) is 9.06. The second-order valence-electron chi connectivity index (χ2n) is 5.77. The fourth-order valence-electron chi connectivity index (χ4n) is 3.03. The number of amides is 2. The molecule has 2 aliphatic heterocycles. The maximum Gasteiger partial charge on any atom is 0.308 e. The number of aliphatic carboxylic acids is 1. The lowest BCUT2D eigenvalue weighted by molar-refractivity contribution is -0.141. The zero-order chi connectivity index (χ0) is 15.7. The van der Waals surface area contributed by atoms with Crippen LogP contribution in [0.1, 0.15) is 25.7 Å². The average molecular weight is 302 g/mol. The molecule has 3 rings (SSSR count). The first-order valence-corrected chi connectivity index (χ1v) is 7.50. The molecule has 1 atom stereocenters. The lowest BCUT2D eigenvalue weighted by Crippen LogP contribution is -2.35. The summed E-state index contributed by atoms with van der Waals surface area (Å²) in [6.45, 7) is 0.875. The van der Waals surface area contributed by atoms with Crippen molar-refractivity contribution < 1.29 is 19.5 Å². The van der Waals surface area contributed by atoms with E-state index in [2.05, 4.69) is 0 Å². The lowest BCUT2D eigenvalue weighted by Gasteiger charge is -2.28. The van der Waals surface area contributed by atoms with Crippen molar-refractivity contribution in [2.24, 2.45) is 5.92 Å². The van der Waals surface area contributed by atoms with Crippen LogP contribution in [0.2, 0.25) is 0 Å². The Hall–Kier alpha value is -2.37. The molecule has 1 N–H and O–H groups in total. The van der Waals surface area contributed by atoms with Crippen molar-refractivity contribution >= 4 is 29.2 Å². The molecule has 1 aromatic carbocycles. The summed E-state index contributed by atoms with van der Waals surface area (Å²) in [4.78, 5) is 38.3.